The summed E-state index contributed by atoms with van der Waals surface area (Å²) >= 11 is 12.9. The summed E-state index contributed by atoms with van der Waals surface area (Å²) in [6, 6.07) is 32.3. The maximum Gasteiger partial charge on any atom is 2.00 e. The molecule has 0 aliphatic carbocycles. The van der Waals surface area contributed by atoms with Crippen LogP contribution in [0.4, 0.5) is 0 Å². The van der Waals surface area contributed by atoms with E-state index in [4.69, 9.17) is 0 Å². The number of thioether (sulfide) groups is 2. The van der Waals surface area contributed by atoms with Crippen molar-refractivity contribution >= 4 is 72.6 Å². The van der Waals surface area contributed by atoms with E-state index >= 15 is 0 Å². The Balaban J connectivity index is 0.000000646. The van der Waals surface area contributed by atoms with Gasteiger partial charge in [-0.15, -0.1) is 0 Å². The van der Waals surface area contributed by atoms with Crippen molar-refractivity contribution in [3.8, 4) is 0 Å². The molecule has 0 N–H and O–H groups in total. The Morgan fingerprint density at radius 2 is 0.833 bits per heavy atom. The summed E-state index contributed by atoms with van der Waals surface area (Å²) in [6.45, 7) is 0. The van der Waals surface area contributed by atoms with Gasteiger partial charge in [-0.1, -0.05) is 91.0 Å². The van der Waals surface area contributed by atoms with Gasteiger partial charge in [0.2, 0.25) is 0 Å². The number of rotatable bonds is 7. The molecule has 0 unspecified atom stereocenters. The maximum atomic E-state index is 4.63. The van der Waals surface area contributed by atoms with E-state index in [9.17, 15) is 0 Å². The van der Waals surface area contributed by atoms with Crippen LogP contribution in [-0.2, 0) is 46.3 Å². The molecule has 0 fully saturated rings. The van der Waals surface area contributed by atoms with E-state index in [2.05, 4.69) is 129 Å². The van der Waals surface area contributed by atoms with Crippen molar-refractivity contribution in [3.05, 3.63) is 91.0 Å². The topological polar surface area (TPSA) is 0 Å². The van der Waals surface area contributed by atoms with Gasteiger partial charge in [0.15, 0.2) is 0 Å². The van der Waals surface area contributed by atoms with E-state index in [-0.39, 0.29) is 21.1 Å². The normalized spacial score (nSPS) is 9.50. The molecule has 0 aromatic heterocycles. The van der Waals surface area contributed by atoms with Crippen LogP contribution in [0.2, 0.25) is 0 Å². The fourth-order valence-corrected chi connectivity index (χ4v) is 5.98. The Hall–Kier alpha value is 0.178. The first-order valence-corrected chi connectivity index (χ1v) is 14.7. The fourth-order valence-electron chi connectivity index (χ4n) is 2.35. The number of benzene rings is 3. The molecule has 0 bridgehead atoms. The number of hydrogen-bond acceptors (Lipinski definition) is 4. The smallest absolute Gasteiger partial charge is 0.792 e. The average molecular weight is 672 g/mol. The SMILES string of the molecule is CSCC[S-].CSCC[S-].[Pt+2].c1ccc(P(c2ccccc2)c2ccccc2)cc1. The predicted molar refractivity (Wildman–Crippen MR) is 146 cm³/mol. The largest absolute Gasteiger partial charge is 2.00 e. The zero-order chi connectivity index (χ0) is 21.2. The zero-order valence-corrected chi connectivity index (χ0v) is 23.8. The third-order valence-electron chi connectivity index (χ3n) is 3.62. The van der Waals surface area contributed by atoms with E-state index in [0.717, 1.165) is 23.0 Å². The van der Waals surface area contributed by atoms with Gasteiger partial charge in [0.05, 0.1) is 0 Å². The van der Waals surface area contributed by atoms with Crippen LogP contribution < -0.4 is 15.9 Å². The van der Waals surface area contributed by atoms with Crippen molar-refractivity contribution in [2.24, 2.45) is 0 Å². The van der Waals surface area contributed by atoms with E-state index in [0.29, 0.717) is 0 Å². The van der Waals surface area contributed by atoms with E-state index in [1.54, 1.807) is 23.5 Å². The van der Waals surface area contributed by atoms with Gasteiger partial charge in [0.1, 0.15) is 0 Å². The molecule has 0 saturated carbocycles. The fraction of sp³-hybridized carbons (Fsp3) is 0.250. The Kier molecular flexibility index (Phi) is 21.2. The van der Waals surface area contributed by atoms with Crippen LogP contribution in [0, 0.1) is 0 Å². The predicted octanol–water partition coefficient (Wildman–Crippen LogP) is 5.23. The summed E-state index contributed by atoms with van der Waals surface area (Å²) in [7, 11) is -0.446. The Morgan fingerprint density at radius 3 is 1.00 bits per heavy atom. The van der Waals surface area contributed by atoms with Crippen LogP contribution >= 0.6 is 31.4 Å². The summed E-state index contributed by atoms with van der Waals surface area (Å²) in [5.74, 6) is 4.02. The summed E-state index contributed by atoms with van der Waals surface area (Å²) < 4.78 is 0. The van der Waals surface area contributed by atoms with Crippen molar-refractivity contribution in [2.45, 2.75) is 0 Å². The standard InChI is InChI=1S/C18H15P.2C3H8S2.Pt/c1-4-10-16(11-5-1)19(17-12-6-2-7-13-17)18-14-8-3-9-15-18;2*1-5-3-2-4;/h1-15H;2*4H,2-3H2,1H3;/q;;;+2/p-2. The number of hydrogen-bond donors (Lipinski definition) is 0. The van der Waals surface area contributed by atoms with Crippen LogP contribution in [0.25, 0.3) is 0 Å². The minimum atomic E-state index is -0.446. The van der Waals surface area contributed by atoms with Crippen LogP contribution in [0.3, 0.4) is 0 Å². The van der Waals surface area contributed by atoms with Crippen LogP contribution in [0.1, 0.15) is 0 Å². The molecule has 0 spiro atoms. The molecular formula is C24H29PPtS4. The van der Waals surface area contributed by atoms with Gasteiger partial charge < -0.3 is 25.3 Å². The van der Waals surface area contributed by atoms with Crippen LogP contribution in [0.5, 0.6) is 0 Å². The summed E-state index contributed by atoms with van der Waals surface area (Å²) in [5, 5.41) is 4.19. The summed E-state index contributed by atoms with van der Waals surface area (Å²) in [6.07, 6.45) is 4.12. The van der Waals surface area contributed by atoms with E-state index in [1.807, 2.05) is 0 Å². The van der Waals surface area contributed by atoms with Gasteiger partial charge in [-0.05, 0) is 47.9 Å². The second-order valence-corrected chi connectivity index (χ2v) is 10.7. The first-order chi connectivity index (χ1) is 14.3. The second kappa shape index (κ2) is 21.0. The molecule has 0 radical (unpaired) electrons. The zero-order valence-electron chi connectivity index (χ0n) is 17.4. The van der Waals surface area contributed by atoms with Gasteiger partial charge >= 0.3 is 21.1 Å². The van der Waals surface area contributed by atoms with Crippen molar-refractivity contribution in [2.75, 3.05) is 35.5 Å². The minimum Gasteiger partial charge on any atom is -0.792 e. The van der Waals surface area contributed by atoms with Crippen LogP contribution in [0.15, 0.2) is 91.0 Å². The molecule has 0 heterocycles. The first-order valence-electron chi connectivity index (χ1n) is 9.37. The van der Waals surface area contributed by atoms with Crippen molar-refractivity contribution in [1.29, 1.82) is 0 Å². The van der Waals surface area contributed by atoms with Gasteiger partial charge in [-0.3, -0.25) is 0 Å². The summed E-state index contributed by atoms with van der Waals surface area (Å²) in [4.78, 5) is 0. The molecule has 30 heavy (non-hydrogen) atoms. The van der Waals surface area contributed by atoms with Crippen LogP contribution in [-0.4, -0.2) is 35.5 Å². The molecule has 0 aliphatic rings. The summed E-state index contributed by atoms with van der Waals surface area (Å²) in [5.41, 5.74) is 0. The Morgan fingerprint density at radius 1 is 0.567 bits per heavy atom. The van der Waals surface area contributed by atoms with Gasteiger partial charge in [0, 0.05) is 0 Å². The van der Waals surface area contributed by atoms with Crippen molar-refractivity contribution in [3.63, 3.8) is 0 Å². The molecule has 0 amide bonds. The van der Waals surface area contributed by atoms with Gasteiger partial charge in [-0.25, -0.2) is 0 Å². The van der Waals surface area contributed by atoms with E-state index < -0.39 is 7.92 Å². The third-order valence-corrected chi connectivity index (χ3v) is 8.21. The van der Waals surface area contributed by atoms with Gasteiger partial charge in [-0.2, -0.15) is 35.0 Å². The maximum absolute atomic E-state index is 4.63. The quantitative estimate of drug-likeness (QED) is 0.249. The molecule has 0 nitrogen and oxygen atoms in total. The van der Waals surface area contributed by atoms with Crippen molar-refractivity contribution in [1.82, 2.24) is 0 Å². The first kappa shape index (κ1) is 30.2. The molecule has 0 aliphatic heterocycles. The molecule has 3 aromatic carbocycles. The average Bonchev–Trinajstić information content (AvgIpc) is 2.78. The third kappa shape index (κ3) is 12.9. The van der Waals surface area contributed by atoms with Gasteiger partial charge in [0.25, 0.3) is 0 Å². The molecule has 0 saturated heterocycles. The molecule has 6 heteroatoms. The van der Waals surface area contributed by atoms with E-state index in [1.165, 1.54) is 15.9 Å². The monoisotopic (exact) mass is 671 g/mol. The minimum absolute atomic E-state index is 0. The molecule has 3 aromatic rings. The molecule has 0 atom stereocenters. The second-order valence-electron chi connectivity index (χ2n) is 5.74. The molecule has 3 rings (SSSR count). The Bertz CT molecular complexity index is 626. The van der Waals surface area contributed by atoms with Crippen molar-refractivity contribution < 1.29 is 21.1 Å². The molecular weight excluding hydrogens is 643 g/mol. The Labute approximate surface area is 218 Å². The molecule has 164 valence electrons.